The van der Waals surface area contributed by atoms with Crippen LogP contribution in [0.15, 0.2) is 42.5 Å². The minimum Gasteiger partial charge on any atom is -0.457 e. The smallest absolute Gasteiger partial charge is 0.457 e. The lowest BCUT2D eigenvalue weighted by atomic mass is 9.78. The van der Waals surface area contributed by atoms with Gasteiger partial charge in [-0.1, -0.05) is 19.1 Å². The summed E-state index contributed by atoms with van der Waals surface area (Å²) in [5.74, 6) is -0.0286. The molecule has 2 aromatic carbocycles. The molecule has 34 heavy (non-hydrogen) atoms. The third-order valence-electron chi connectivity index (χ3n) is 5.58. The van der Waals surface area contributed by atoms with Crippen LogP contribution in [0.2, 0.25) is 0 Å². The molecular weight excluding hydrogens is 477 g/mol. The summed E-state index contributed by atoms with van der Waals surface area (Å²) in [6.07, 6.45) is 0. The molecule has 8 nitrogen and oxygen atoms in total. The summed E-state index contributed by atoms with van der Waals surface area (Å²) in [6, 6.07) is 11.7. The van der Waals surface area contributed by atoms with Crippen LogP contribution in [0.4, 0.5) is 13.2 Å². The number of hydroxylamine groups is 2. The normalized spacial score (nSPS) is 17.8. The second kappa shape index (κ2) is 9.07. The summed E-state index contributed by atoms with van der Waals surface area (Å²) in [5, 5.41) is 10.1. The van der Waals surface area contributed by atoms with Crippen molar-refractivity contribution in [2.45, 2.75) is 45.4 Å². The van der Waals surface area contributed by atoms with Crippen molar-refractivity contribution < 1.29 is 40.2 Å². The van der Waals surface area contributed by atoms with Crippen molar-refractivity contribution in [2.24, 2.45) is 5.41 Å². The summed E-state index contributed by atoms with van der Waals surface area (Å²) < 4.78 is 71.7. The van der Waals surface area contributed by atoms with E-state index in [9.17, 15) is 21.6 Å². The molecule has 184 valence electrons. The lowest BCUT2D eigenvalue weighted by molar-refractivity contribution is -0.374. The highest BCUT2D eigenvalue weighted by Gasteiger charge is 2.49. The molecular formula is C22H23F3N2O6S. The standard InChI is InChI=1S/C22H23F3N2O6S/c1-20(2)14-27(33-21(20,3)4)30-13-16-11-18(31-17-7-5-15(12-26)6-8-17)9-10-19(16)32-34(28,29)22(23,24)25/h5-11H,13-14H2,1-4H3. The largest absolute Gasteiger partial charge is 0.534 e. The summed E-state index contributed by atoms with van der Waals surface area (Å²) >= 11 is 0. The second-order valence-corrected chi connectivity index (χ2v) is 10.3. The van der Waals surface area contributed by atoms with Gasteiger partial charge in [0.15, 0.2) is 0 Å². The van der Waals surface area contributed by atoms with E-state index in [0.717, 1.165) is 6.07 Å². The average Bonchev–Trinajstić information content (AvgIpc) is 2.94. The molecule has 0 unspecified atom stereocenters. The van der Waals surface area contributed by atoms with E-state index in [1.165, 1.54) is 41.6 Å². The maximum absolute atomic E-state index is 12.9. The van der Waals surface area contributed by atoms with Crippen LogP contribution < -0.4 is 8.92 Å². The molecule has 12 heteroatoms. The number of nitrogens with zero attached hydrogens (tertiary/aromatic N) is 2. The molecule has 1 fully saturated rings. The van der Waals surface area contributed by atoms with Crippen LogP contribution in [0.5, 0.6) is 17.2 Å². The molecule has 1 saturated heterocycles. The quantitative estimate of drug-likeness (QED) is 0.384. The second-order valence-electron chi connectivity index (χ2n) is 8.74. The van der Waals surface area contributed by atoms with Crippen molar-refractivity contribution >= 4 is 10.1 Å². The number of alkyl halides is 3. The Kier molecular flexibility index (Phi) is 6.87. The molecule has 0 saturated carbocycles. The van der Waals surface area contributed by atoms with E-state index in [4.69, 9.17) is 19.7 Å². The van der Waals surface area contributed by atoms with Gasteiger partial charge in [-0.05, 0) is 56.3 Å². The Morgan fingerprint density at radius 1 is 1.09 bits per heavy atom. The molecule has 0 atom stereocenters. The Bertz CT molecular complexity index is 1170. The van der Waals surface area contributed by atoms with E-state index < -0.39 is 27.0 Å². The van der Waals surface area contributed by atoms with Crippen molar-refractivity contribution in [1.29, 1.82) is 5.26 Å². The number of ether oxygens (including phenoxy) is 1. The molecule has 0 aromatic heterocycles. The number of nitriles is 1. The molecule has 0 amide bonds. The van der Waals surface area contributed by atoms with E-state index in [1.807, 2.05) is 33.8 Å². The van der Waals surface area contributed by atoms with Crippen LogP contribution in [0, 0.1) is 16.7 Å². The Morgan fingerprint density at radius 2 is 1.71 bits per heavy atom. The van der Waals surface area contributed by atoms with Crippen LogP contribution in [-0.4, -0.2) is 31.3 Å². The van der Waals surface area contributed by atoms with Gasteiger partial charge in [0.1, 0.15) is 17.2 Å². The maximum Gasteiger partial charge on any atom is 0.534 e. The molecule has 0 bridgehead atoms. The first-order chi connectivity index (χ1) is 15.6. The average molecular weight is 500 g/mol. The minimum absolute atomic E-state index is 0.0231. The molecule has 0 spiro atoms. The fourth-order valence-electron chi connectivity index (χ4n) is 2.85. The maximum atomic E-state index is 12.9. The van der Waals surface area contributed by atoms with E-state index in [1.54, 1.807) is 0 Å². The van der Waals surface area contributed by atoms with E-state index in [0.29, 0.717) is 17.9 Å². The third-order valence-corrected chi connectivity index (χ3v) is 6.55. The highest BCUT2D eigenvalue weighted by molar-refractivity contribution is 7.88. The van der Waals surface area contributed by atoms with Gasteiger partial charge in [-0.15, -0.1) is 0 Å². The van der Waals surface area contributed by atoms with Crippen LogP contribution in [0.3, 0.4) is 0 Å². The monoisotopic (exact) mass is 500 g/mol. The van der Waals surface area contributed by atoms with Crippen LogP contribution in [-0.2, 0) is 26.4 Å². The van der Waals surface area contributed by atoms with Crippen molar-refractivity contribution in [3.63, 3.8) is 0 Å². The van der Waals surface area contributed by atoms with Crippen molar-refractivity contribution in [3.8, 4) is 23.3 Å². The van der Waals surface area contributed by atoms with Gasteiger partial charge in [0.05, 0.1) is 30.4 Å². The zero-order valence-corrected chi connectivity index (χ0v) is 19.7. The van der Waals surface area contributed by atoms with E-state index in [-0.39, 0.29) is 23.3 Å². The molecule has 0 aliphatic carbocycles. The zero-order chi connectivity index (χ0) is 25.4. The predicted octanol–water partition coefficient (Wildman–Crippen LogP) is 5.06. The molecule has 1 aliphatic heterocycles. The molecule has 2 aromatic rings. The first-order valence-electron chi connectivity index (χ1n) is 10.0. The van der Waals surface area contributed by atoms with Gasteiger partial charge in [-0.25, -0.2) is 0 Å². The van der Waals surface area contributed by atoms with Gasteiger partial charge in [0, 0.05) is 11.0 Å². The van der Waals surface area contributed by atoms with Gasteiger partial charge in [0.2, 0.25) is 0 Å². The number of halogens is 3. The Labute approximate surface area is 195 Å². The van der Waals surface area contributed by atoms with E-state index >= 15 is 0 Å². The number of benzene rings is 2. The van der Waals surface area contributed by atoms with Crippen molar-refractivity contribution in [2.75, 3.05) is 6.54 Å². The fourth-order valence-corrected chi connectivity index (χ4v) is 3.34. The van der Waals surface area contributed by atoms with Gasteiger partial charge < -0.3 is 8.92 Å². The fraction of sp³-hybridized carbons (Fsp3) is 0.409. The summed E-state index contributed by atoms with van der Waals surface area (Å²) in [7, 11) is -5.90. The van der Waals surface area contributed by atoms with Crippen LogP contribution in [0.25, 0.3) is 0 Å². The number of hydrogen-bond donors (Lipinski definition) is 0. The predicted molar refractivity (Wildman–Crippen MR) is 114 cm³/mol. The molecule has 1 aliphatic rings. The highest BCUT2D eigenvalue weighted by Crippen LogP contribution is 2.42. The van der Waals surface area contributed by atoms with Crippen molar-refractivity contribution in [1.82, 2.24) is 5.23 Å². The van der Waals surface area contributed by atoms with Gasteiger partial charge >= 0.3 is 15.6 Å². The Hall–Kier alpha value is -2.85. The first-order valence-corrected chi connectivity index (χ1v) is 11.5. The van der Waals surface area contributed by atoms with Gasteiger partial charge in [0.25, 0.3) is 0 Å². The molecule has 3 rings (SSSR count). The molecule has 0 radical (unpaired) electrons. The van der Waals surface area contributed by atoms with Crippen LogP contribution >= 0.6 is 0 Å². The summed E-state index contributed by atoms with van der Waals surface area (Å²) in [6.45, 7) is 7.66. The third kappa shape index (κ3) is 5.61. The topological polar surface area (TPSA) is 98.1 Å². The van der Waals surface area contributed by atoms with Crippen molar-refractivity contribution in [3.05, 3.63) is 53.6 Å². The Morgan fingerprint density at radius 3 is 2.24 bits per heavy atom. The number of rotatable bonds is 7. The molecule has 1 heterocycles. The molecule has 0 N–H and O–H groups in total. The number of hydrogen-bond acceptors (Lipinski definition) is 8. The Balaban J connectivity index is 1.86. The van der Waals surface area contributed by atoms with Gasteiger partial charge in [-0.3, -0.25) is 9.68 Å². The first kappa shape index (κ1) is 25.8. The minimum atomic E-state index is -5.90. The zero-order valence-electron chi connectivity index (χ0n) is 18.8. The van der Waals surface area contributed by atoms with Crippen LogP contribution in [0.1, 0.15) is 38.8 Å². The summed E-state index contributed by atoms with van der Waals surface area (Å²) in [5.41, 5.74) is -6.09. The lowest BCUT2D eigenvalue weighted by Gasteiger charge is -2.30. The highest BCUT2D eigenvalue weighted by atomic mass is 32.2. The SMILES string of the molecule is CC1(C)CN(OCc2cc(Oc3ccc(C#N)cc3)ccc2OS(=O)(=O)C(F)(F)F)OC1(C)C. The van der Waals surface area contributed by atoms with Gasteiger partial charge in [-0.2, -0.15) is 26.9 Å². The van der Waals surface area contributed by atoms with E-state index in [2.05, 4.69) is 4.18 Å². The lowest BCUT2D eigenvalue weighted by Crippen LogP contribution is -2.36. The summed E-state index contributed by atoms with van der Waals surface area (Å²) in [4.78, 5) is 11.3.